The molecule has 3 N–H and O–H groups in total. The predicted molar refractivity (Wildman–Crippen MR) is 42.0 cm³/mol. The standard InChI is InChI=1S/C8H13NO2/c9-5-7(6-10)4-8-2-1-3-11-8/h1-3,7,10H,4-6,9H2/t7-/m0/s1. The van der Waals surface area contributed by atoms with E-state index < -0.39 is 0 Å². The lowest BCUT2D eigenvalue weighted by molar-refractivity contribution is 0.224. The third-order valence-electron chi connectivity index (χ3n) is 1.66. The monoisotopic (exact) mass is 155 g/mol. The zero-order valence-corrected chi connectivity index (χ0v) is 6.36. The first kappa shape index (κ1) is 8.30. The van der Waals surface area contributed by atoms with E-state index in [0.717, 1.165) is 12.2 Å². The first-order chi connectivity index (χ1) is 5.36. The number of hydrogen-bond acceptors (Lipinski definition) is 3. The van der Waals surface area contributed by atoms with Crippen LogP contribution in [-0.2, 0) is 6.42 Å². The Labute approximate surface area is 65.8 Å². The maximum Gasteiger partial charge on any atom is 0.104 e. The minimum absolute atomic E-state index is 0.122. The average Bonchev–Trinajstić information content (AvgIpc) is 2.52. The molecule has 3 heteroatoms. The molecule has 0 bridgehead atoms. The molecule has 1 heterocycles. The van der Waals surface area contributed by atoms with Gasteiger partial charge in [-0.25, -0.2) is 0 Å². The number of aliphatic hydroxyl groups excluding tert-OH is 1. The summed E-state index contributed by atoms with van der Waals surface area (Å²) in [6.45, 7) is 0.619. The van der Waals surface area contributed by atoms with E-state index in [1.165, 1.54) is 0 Å². The first-order valence-electron chi connectivity index (χ1n) is 3.70. The van der Waals surface area contributed by atoms with E-state index in [2.05, 4.69) is 0 Å². The summed E-state index contributed by atoms with van der Waals surface area (Å²) in [4.78, 5) is 0. The van der Waals surface area contributed by atoms with Crippen molar-refractivity contribution in [1.82, 2.24) is 0 Å². The van der Waals surface area contributed by atoms with Crippen LogP contribution in [0, 0.1) is 5.92 Å². The SMILES string of the molecule is NC[C@@H](CO)Cc1ccco1. The van der Waals surface area contributed by atoms with Crippen LogP contribution in [0.4, 0.5) is 0 Å². The number of nitrogens with two attached hydrogens (primary N) is 1. The molecule has 0 unspecified atom stereocenters. The Morgan fingerprint density at radius 1 is 1.64 bits per heavy atom. The second-order valence-electron chi connectivity index (χ2n) is 2.57. The highest BCUT2D eigenvalue weighted by atomic mass is 16.3. The van der Waals surface area contributed by atoms with Gasteiger partial charge in [0.15, 0.2) is 0 Å². The van der Waals surface area contributed by atoms with Crippen molar-refractivity contribution >= 4 is 0 Å². The van der Waals surface area contributed by atoms with Crippen molar-refractivity contribution in [1.29, 1.82) is 0 Å². The molecule has 1 aromatic heterocycles. The fourth-order valence-corrected chi connectivity index (χ4v) is 0.936. The zero-order valence-electron chi connectivity index (χ0n) is 6.36. The van der Waals surface area contributed by atoms with Gasteiger partial charge < -0.3 is 15.3 Å². The minimum Gasteiger partial charge on any atom is -0.469 e. The molecule has 0 fully saturated rings. The molecule has 0 radical (unpaired) electrons. The highest BCUT2D eigenvalue weighted by Gasteiger charge is 2.07. The van der Waals surface area contributed by atoms with E-state index in [0.29, 0.717) is 6.54 Å². The molecule has 1 atom stereocenters. The quantitative estimate of drug-likeness (QED) is 0.661. The maximum absolute atomic E-state index is 8.80. The van der Waals surface area contributed by atoms with Gasteiger partial charge in [-0.15, -0.1) is 0 Å². The molecule has 1 aromatic rings. The van der Waals surface area contributed by atoms with Crippen LogP contribution in [0.1, 0.15) is 5.76 Å². The molecular formula is C8H13NO2. The molecule has 0 saturated carbocycles. The maximum atomic E-state index is 8.80. The summed E-state index contributed by atoms with van der Waals surface area (Å²) in [5.74, 6) is 1.01. The van der Waals surface area contributed by atoms with Gasteiger partial charge in [-0.1, -0.05) is 0 Å². The lowest BCUT2D eigenvalue weighted by Gasteiger charge is -2.07. The smallest absolute Gasteiger partial charge is 0.104 e. The Kier molecular flexibility index (Phi) is 3.14. The Morgan fingerprint density at radius 3 is 2.91 bits per heavy atom. The van der Waals surface area contributed by atoms with Crippen molar-refractivity contribution in [2.75, 3.05) is 13.2 Å². The van der Waals surface area contributed by atoms with Crippen LogP contribution in [0.25, 0.3) is 0 Å². The summed E-state index contributed by atoms with van der Waals surface area (Å²) < 4.78 is 5.10. The summed E-state index contributed by atoms with van der Waals surface area (Å²) in [6.07, 6.45) is 2.35. The van der Waals surface area contributed by atoms with E-state index in [1.807, 2.05) is 12.1 Å². The van der Waals surface area contributed by atoms with Gasteiger partial charge in [0.25, 0.3) is 0 Å². The van der Waals surface area contributed by atoms with Crippen LogP contribution >= 0.6 is 0 Å². The molecule has 1 rings (SSSR count). The number of hydrogen-bond donors (Lipinski definition) is 2. The summed E-state index contributed by atoms with van der Waals surface area (Å²) in [7, 11) is 0. The predicted octanol–water partition coefficient (Wildman–Crippen LogP) is 0.389. The van der Waals surface area contributed by atoms with E-state index in [-0.39, 0.29) is 12.5 Å². The Bertz CT molecular complexity index is 180. The molecule has 0 aliphatic carbocycles. The van der Waals surface area contributed by atoms with Gasteiger partial charge >= 0.3 is 0 Å². The fourth-order valence-electron chi connectivity index (χ4n) is 0.936. The van der Waals surface area contributed by atoms with Gasteiger partial charge in [0.05, 0.1) is 6.26 Å². The normalized spacial score (nSPS) is 13.3. The van der Waals surface area contributed by atoms with Crippen LogP contribution in [0.5, 0.6) is 0 Å². The van der Waals surface area contributed by atoms with E-state index in [4.69, 9.17) is 15.3 Å². The van der Waals surface area contributed by atoms with Gasteiger partial charge in [0, 0.05) is 18.9 Å². The number of rotatable bonds is 4. The number of furan rings is 1. The Balaban J connectivity index is 2.41. The second-order valence-corrected chi connectivity index (χ2v) is 2.57. The van der Waals surface area contributed by atoms with E-state index in [1.54, 1.807) is 6.26 Å². The molecule has 0 amide bonds. The Hall–Kier alpha value is -0.800. The highest BCUT2D eigenvalue weighted by Crippen LogP contribution is 2.07. The molecule has 0 aliphatic heterocycles. The average molecular weight is 155 g/mol. The molecule has 0 saturated heterocycles. The van der Waals surface area contributed by atoms with Crippen molar-refractivity contribution in [3.05, 3.63) is 24.2 Å². The minimum atomic E-state index is 0.122. The van der Waals surface area contributed by atoms with Gasteiger partial charge in [-0.3, -0.25) is 0 Å². The van der Waals surface area contributed by atoms with Crippen molar-refractivity contribution in [3.63, 3.8) is 0 Å². The molecule has 62 valence electrons. The third kappa shape index (κ3) is 2.37. The van der Waals surface area contributed by atoms with E-state index in [9.17, 15) is 0 Å². The lowest BCUT2D eigenvalue weighted by atomic mass is 10.1. The van der Waals surface area contributed by atoms with Crippen molar-refractivity contribution in [3.8, 4) is 0 Å². The third-order valence-corrected chi connectivity index (χ3v) is 1.66. The fraction of sp³-hybridized carbons (Fsp3) is 0.500. The van der Waals surface area contributed by atoms with Crippen LogP contribution in [0.15, 0.2) is 22.8 Å². The lowest BCUT2D eigenvalue weighted by Crippen LogP contribution is -2.20. The van der Waals surface area contributed by atoms with Crippen LogP contribution in [0.3, 0.4) is 0 Å². The number of aliphatic hydroxyl groups is 1. The first-order valence-corrected chi connectivity index (χ1v) is 3.70. The van der Waals surface area contributed by atoms with Crippen LogP contribution in [0.2, 0.25) is 0 Å². The summed E-state index contributed by atoms with van der Waals surface area (Å²) in [5, 5.41) is 8.80. The zero-order chi connectivity index (χ0) is 8.10. The summed E-state index contributed by atoms with van der Waals surface area (Å²) in [6, 6.07) is 3.72. The Morgan fingerprint density at radius 2 is 2.45 bits per heavy atom. The molecule has 0 spiro atoms. The van der Waals surface area contributed by atoms with Gasteiger partial charge in [0.1, 0.15) is 5.76 Å². The van der Waals surface area contributed by atoms with Crippen LogP contribution in [-0.4, -0.2) is 18.3 Å². The topological polar surface area (TPSA) is 59.4 Å². The second kappa shape index (κ2) is 4.16. The van der Waals surface area contributed by atoms with Crippen molar-refractivity contribution < 1.29 is 9.52 Å². The van der Waals surface area contributed by atoms with Crippen molar-refractivity contribution in [2.45, 2.75) is 6.42 Å². The van der Waals surface area contributed by atoms with Crippen molar-refractivity contribution in [2.24, 2.45) is 11.7 Å². The summed E-state index contributed by atoms with van der Waals surface area (Å²) >= 11 is 0. The molecule has 3 nitrogen and oxygen atoms in total. The van der Waals surface area contributed by atoms with Gasteiger partial charge in [-0.2, -0.15) is 0 Å². The largest absolute Gasteiger partial charge is 0.469 e. The van der Waals surface area contributed by atoms with Gasteiger partial charge in [-0.05, 0) is 18.7 Å². The molecular weight excluding hydrogens is 142 g/mol. The molecule has 0 aliphatic rings. The van der Waals surface area contributed by atoms with Gasteiger partial charge in [0.2, 0.25) is 0 Å². The summed E-state index contributed by atoms with van der Waals surface area (Å²) in [5.41, 5.74) is 5.40. The molecule has 0 aromatic carbocycles. The van der Waals surface area contributed by atoms with E-state index >= 15 is 0 Å². The van der Waals surface area contributed by atoms with Crippen LogP contribution < -0.4 is 5.73 Å². The molecule has 11 heavy (non-hydrogen) atoms. The highest BCUT2D eigenvalue weighted by molar-refractivity contribution is 4.99.